The quantitative estimate of drug-likeness (QED) is 0.576. The zero-order valence-corrected chi connectivity index (χ0v) is 11.8. The lowest BCUT2D eigenvalue weighted by Gasteiger charge is -2.08. The van der Waals surface area contributed by atoms with Crippen molar-refractivity contribution in [2.45, 2.75) is 6.92 Å². The van der Waals surface area contributed by atoms with E-state index in [2.05, 4.69) is 10.9 Å². The minimum atomic E-state index is -0.832. The summed E-state index contributed by atoms with van der Waals surface area (Å²) in [5.41, 5.74) is 4.08. The van der Waals surface area contributed by atoms with E-state index >= 15 is 0 Å². The molecule has 3 N–H and O–H groups in total. The Morgan fingerprint density at radius 1 is 1.09 bits per heavy atom. The maximum atomic E-state index is 11.9. The number of nitrogens with one attached hydrogen (secondary N) is 2. The van der Waals surface area contributed by atoms with Gasteiger partial charge in [0.25, 0.3) is 5.91 Å². The van der Waals surface area contributed by atoms with Crippen LogP contribution in [0.25, 0.3) is 10.8 Å². The van der Waals surface area contributed by atoms with Crippen molar-refractivity contribution in [1.82, 2.24) is 10.9 Å². The molecule has 0 aliphatic heterocycles. The number of phenols is 1. The lowest BCUT2D eigenvalue weighted by molar-refractivity contribution is -0.129. The molecule has 2 aromatic carbocycles. The number of ether oxygens (including phenoxy) is 1. The molecule has 0 bridgehead atoms. The van der Waals surface area contributed by atoms with E-state index in [1.807, 2.05) is 6.07 Å². The number of hydrazine groups is 1. The smallest absolute Gasteiger partial charge is 0.342 e. The van der Waals surface area contributed by atoms with Gasteiger partial charge in [-0.15, -0.1) is 0 Å². The first kappa shape index (κ1) is 15.3. The highest BCUT2D eigenvalue weighted by atomic mass is 16.5. The summed E-state index contributed by atoms with van der Waals surface area (Å²) in [5.74, 6) is -2.21. The molecule has 0 atom stereocenters. The number of phenolic OH excluding ortho intramolecular Hbond substituents is 1. The standard InChI is InChI=1S/C15H14N2O5/c1-9(18)16-17-14(20)8-22-15(21)12-6-10-4-2-3-5-11(10)7-13(12)19/h2-7,19H,8H2,1H3,(H,16,18)(H,17,20). The molecule has 0 saturated carbocycles. The second-order valence-electron chi connectivity index (χ2n) is 4.52. The van der Waals surface area contributed by atoms with Gasteiger partial charge in [0, 0.05) is 6.92 Å². The van der Waals surface area contributed by atoms with Gasteiger partial charge in [-0.2, -0.15) is 0 Å². The van der Waals surface area contributed by atoms with Crippen LogP contribution in [0.15, 0.2) is 36.4 Å². The van der Waals surface area contributed by atoms with Crippen molar-refractivity contribution in [1.29, 1.82) is 0 Å². The normalized spacial score (nSPS) is 10.0. The van der Waals surface area contributed by atoms with Gasteiger partial charge in [-0.3, -0.25) is 20.4 Å². The van der Waals surface area contributed by atoms with Crippen LogP contribution >= 0.6 is 0 Å². The summed E-state index contributed by atoms with van der Waals surface area (Å²) in [7, 11) is 0. The summed E-state index contributed by atoms with van der Waals surface area (Å²) >= 11 is 0. The number of carbonyl (C=O) groups is 3. The summed E-state index contributed by atoms with van der Waals surface area (Å²) in [5, 5.41) is 11.4. The Kier molecular flexibility index (Phi) is 4.57. The van der Waals surface area contributed by atoms with Crippen molar-refractivity contribution >= 4 is 28.6 Å². The Bertz CT molecular complexity index is 742. The zero-order valence-electron chi connectivity index (χ0n) is 11.8. The molecule has 0 spiro atoms. The van der Waals surface area contributed by atoms with Gasteiger partial charge in [0.2, 0.25) is 5.91 Å². The Hall–Kier alpha value is -3.09. The molecule has 0 aromatic heterocycles. The zero-order chi connectivity index (χ0) is 16.1. The molecule has 0 radical (unpaired) electrons. The molecule has 7 nitrogen and oxygen atoms in total. The van der Waals surface area contributed by atoms with Crippen molar-refractivity contribution < 1.29 is 24.2 Å². The third kappa shape index (κ3) is 3.72. The minimum Gasteiger partial charge on any atom is -0.507 e. The lowest BCUT2D eigenvalue weighted by Crippen LogP contribution is -2.42. The average molecular weight is 302 g/mol. The second kappa shape index (κ2) is 6.57. The second-order valence-corrected chi connectivity index (χ2v) is 4.52. The van der Waals surface area contributed by atoms with Gasteiger partial charge in [-0.1, -0.05) is 24.3 Å². The molecule has 0 aliphatic carbocycles. The van der Waals surface area contributed by atoms with Crippen molar-refractivity contribution in [3.63, 3.8) is 0 Å². The van der Waals surface area contributed by atoms with Crippen LogP contribution in [0, 0.1) is 0 Å². The summed E-state index contributed by atoms with van der Waals surface area (Å²) in [6, 6.07) is 10.1. The number of carbonyl (C=O) groups excluding carboxylic acids is 3. The molecule has 2 rings (SSSR count). The van der Waals surface area contributed by atoms with Crippen LogP contribution in [0.5, 0.6) is 5.75 Å². The molecule has 7 heteroatoms. The van der Waals surface area contributed by atoms with Crippen molar-refractivity contribution in [2.75, 3.05) is 6.61 Å². The highest BCUT2D eigenvalue weighted by Crippen LogP contribution is 2.25. The van der Waals surface area contributed by atoms with Gasteiger partial charge in [0.15, 0.2) is 6.61 Å². The van der Waals surface area contributed by atoms with Crippen LogP contribution in [-0.4, -0.2) is 29.5 Å². The van der Waals surface area contributed by atoms with Gasteiger partial charge in [0.05, 0.1) is 0 Å². The Morgan fingerprint density at radius 2 is 1.73 bits per heavy atom. The number of amides is 2. The lowest BCUT2D eigenvalue weighted by atomic mass is 10.1. The maximum Gasteiger partial charge on any atom is 0.342 e. The number of hydrogen-bond acceptors (Lipinski definition) is 5. The van der Waals surface area contributed by atoms with E-state index in [1.54, 1.807) is 18.2 Å². The molecule has 0 heterocycles. The molecular weight excluding hydrogens is 288 g/mol. The first-order chi connectivity index (χ1) is 10.5. The van der Waals surface area contributed by atoms with E-state index in [4.69, 9.17) is 4.74 Å². The summed E-state index contributed by atoms with van der Waals surface area (Å²) in [6.07, 6.45) is 0. The van der Waals surface area contributed by atoms with Gasteiger partial charge in [-0.05, 0) is 22.9 Å². The van der Waals surface area contributed by atoms with E-state index < -0.39 is 24.4 Å². The minimum absolute atomic E-state index is 0.0361. The molecule has 0 saturated heterocycles. The fraction of sp³-hybridized carbons (Fsp3) is 0.133. The number of hydrogen-bond donors (Lipinski definition) is 3. The number of fused-ring (bicyclic) bond motifs is 1. The molecule has 0 fully saturated rings. The van der Waals surface area contributed by atoms with Crippen molar-refractivity contribution in [3.05, 3.63) is 42.0 Å². The predicted octanol–water partition coefficient (Wildman–Crippen LogP) is 0.869. The molecule has 114 valence electrons. The molecular formula is C15H14N2O5. The number of aromatic hydroxyl groups is 1. The van der Waals surface area contributed by atoms with Crippen LogP contribution < -0.4 is 10.9 Å². The molecule has 0 unspecified atom stereocenters. The van der Waals surface area contributed by atoms with Crippen LogP contribution in [0.4, 0.5) is 0 Å². The monoisotopic (exact) mass is 302 g/mol. The topological polar surface area (TPSA) is 105 Å². The largest absolute Gasteiger partial charge is 0.507 e. The van der Waals surface area contributed by atoms with E-state index in [1.165, 1.54) is 19.1 Å². The maximum absolute atomic E-state index is 11.9. The van der Waals surface area contributed by atoms with Crippen LogP contribution in [0.3, 0.4) is 0 Å². The highest BCUT2D eigenvalue weighted by Gasteiger charge is 2.15. The summed E-state index contributed by atoms with van der Waals surface area (Å²) in [4.78, 5) is 33.8. The van der Waals surface area contributed by atoms with Gasteiger partial charge >= 0.3 is 5.97 Å². The van der Waals surface area contributed by atoms with Gasteiger partial charge in [0.1, 0.15) is 11.3 Å². The number of rotatable bonds is 3. The van der Waals surface area contributed by atoms with Crippen LogP contribution in [0.1, 0.15) is 17.3 Å². The van der Waals surface area contributed by atoms with Gasteiger partial charge < -0.3 is 9.84 Å². The van der Waals surface area contributed by atoms with Crippen molar-refractivity contribution in [3.8, 4) is 5.75 Å². The SMILES string of the molecule is CC(=O)NNC(=O)COC(=O)c1cc2ccccc2cc1O. The molecule has 0 aliphatic rings. The predicted molar refractivity (Wildman–Crippen MR) is 77.9 cm³/mol. The fourth-order valence-electron chi connectivity index (χ4n) is 1.79. The summed E-state index contributed by atoms with van der Waals surface area (Å²) < 4.78 is 4.79. The number of benzene rings is 2. The summed E-state index contributed by atoms with van der Waals surface area (Å²) in [6.45, 7) is 0.644. The third-order valence-electron chi connectivity index (χ3n) is 2.80. The first-order valence-electron chi connectivity index (χ1n) is 6.41. The number of esters is 1. The highest BCUT2D eigenvalue weighted by molar-refractivity contribution is 5.99. The van der Waals surface area contributed by atoms with E-state index in [-0.39, 0.29) is 11.3 Å². The Balaban J connectivity index is 2.05. The van der Waals surface area contributed by atoms with E-state index in [0.717, 1.165) is 10.8 Å². The fourth-order valence-corrected chi connectivity index (χ4v) is 1.79. The van der Waals surface area contributed by atoms with Crippen LogP contribution in [0.2, 0.25) is 0 Å². The average Bonchev–Trinajstić information content (AvgIpc) is 2.49. The molecule has 2 amide bonds. The Morgan fingerprint density at radius 3 is 2.36 bits per heavy atom. The van der Waals surface area contributed by atoms with Crippen molar-refractivity contribution in [2.24, 2.45) is 0 Å². The van der Waals surface area contributed by atoms with E-state index in [9.17, 15) is 19.5 Å². The third-order valence-corrected chi connectivity index (χ3v) is 2.80. The molecule has 22 heavy (non-hydrogen) atoms. The first-order valence-corrected chi connectivity index (χ1v) is 6.41. The Labute approximate surface area is 125 Å². The van der Waals surface area contributed by atoms with Crippen LogP contribution in [-0.2, 0) is 14.3 Å². The van der Waals surface area contributed by atoms with Gasteiger partial charge in [-0.25, -0.2) is 4.79 Å². The van der Waals surface area contributed by atoms with E-state index in [0.29, 0.717) is 0 Å². The molecule has 2 aromatic rings.